The molecule has 1 atom stereocenters. The third-order valence-electron chi connectivity index (χ3n) is 3.98. The summed E-state index contributed by atoms with van der Waals surface area (Å²) < 4.78 is 2.08. The average molecular weight is 286 g/mol. The summed E-state index contributed by atoms with van der Waals surface area (Å²) in [7, 11) is 0. The van der Waals surface area contributed by atoms with Gasteiger partial charge in [-0.25, -0.2) is 4.98 Å². The molecule has 0 saturated heterocycles. The minimum Gasteiger partial charge on any atom is -0.372 e. The van der Waals surface area contributed by atoms with Crippen molar-refractivity contribution in [2.75, 3.05) is 18.0 Å². The largest absolute Gasteiger partial charge is 0.372 e. The second kappa shape index (κ2) is 6.76. The van der Waals surface area contributed by atoms with Gasteiger partial charge in [0.15, 0.2) is 0 Å². The third-order valence-corrected chi connectivity index (χ3v) is 3.98. The number of imidazole rings is 1. The fourth-order valence-electron chi connectivity index (χ4n) is 2.52. The van der Waals surface area contributed by atoms with E-state index in [-0.39, 0.29) is 6.04 Å². The summed E-state index contributed by atoms with van der Waals surface area (Å²) in [5, 5.41) is 0. The fourth-order valence-corrected chi connectivity index (χ4v) is 2.52. The first-order valence-electron chi connectivity index (χ1n) is 7.71. The van der Waals surface area contributed by atoms with Crippen LogP contribution in [0.15, 0.2) is 36.8 Å². The Kier molecular flexibility index (Phi) is 5.02. The molecule has 4 nitrogen and oxygen atoms in total. The highest BCUT2D eigenvalue weighted by molar-refractivity contribution is 5.51. The molecule has 4 heteroatoms. The summed E-state index contributed by atoms with van der Waals surface area (Å²) in [6, 6.07) is 8.58. The average Bonchev–Trinajstić information content (AvgIpc) is 2.97. The number of hydrogen-bond donors (Lipinski definition) is 1. The Morgan fingerprint density at radius 1 is 1.14 bits per heavy atom. The van der Waals surface area contributed by atoms with Crippen molar-refractivity contribution in [3.8, 4) is 5.69 Å². The van der Waals surface area contributed by atoms with E-state index in [1.165, 1.54) is 5.69 Å². The van der Waals surface area contributed by atoms with Crippen molar-refractivity contribution >= 4 is 5.69 Å². The molecule has 0 spiro atoms. The van der Waals surface area contributed by atoms with Crippen LogP contribution in [-0.4, -0.2) is 22.6 Å². The van der Waals surface area contributed by atoms with Crippen molar-refractivity contribution in [2.24, 2.45) is 11.7 Å². The van der Waals surface area contributed by atoms with Crippen LogP contribution in [0.2, 0.25) is 0 Å². The Hall–Kier alpha value is -1.81. The van der Waals surface area contributed by atoms with Gasteiger partial charge in [0.05, 0.1) is 18.2 Å². The number of anilines is 1. The normalized spacial score (nSPS) is 12.7. The van der Waals surface area contributed by atoms with Crippen molar-refractivity contribution in [2.45, 2.75) is 33.7 Å². The SMILES string of the molecule is CCN(CC)c1ccc(-n2cncc2C(N)C(C)C)cc1. The molecule has 1 aromatic carbocycles. The summed E-state index contributed by atoms with van der Waals surface area (Å²) in [6.45, 7) is 10.6. The van der Waals surface area contributed by atoms with Gasteiger partial charge in [0.1, 0.15) is 0 Å². The number of nitrogens with two attached hydrogens (primary N) is 1. The fraction of sp³-hybridized carbons (Fsp3) is 0.471. The van der Waals surface area contributed by atoms with E-state index in [0.29, 0.717) is 5.92 Å². The van der Waals surface area contributed by atoms with E-state index in [2.05, 4.69) is 66.4 Å². The van der Waals surface area contributed by atoms with Gasteiger partial charge in [0, 0.05) is 30.5 Å². The maximum absolute atomic E-state index is 6.27. The highest BCUT2D eigenvalue weighted by Gasteiger charge is 2.16. The minimum absolute atomic E-state index is 0.00467. The van der Waals surface area contributed by atoms with Gasteiger partial charge >= 0.3 is 0 Å². The Morgan fingerprint density at radius 3 is 2.29 bits per heavy atom. The van der Waals surface area contributed by atoms with Gasteiger partial charge in [-0.15, -0.1) is 0 Å². The Bertz CT molecular complexity index is 552. The molecular weight excluding hydrogens is 260 g/mol. The topological polar surface area (TPSA) is 47.1 Å². The monoisotopic (exact) mass is 286 g/mol. The van der Waals surface area contributed by atoms with E-state index < -0.39 is 0 Å². The second-order valence-corrected chi connectivity index (χ2v) is 5.65. The quantitative estimate of drug-likeness (QED) is 0.885. The lowest BCUT2D eigenvalue weighted by molar-refractivity contribution is 0.497. The standard InChI is InChI=1S/C17H26N4/c1-5-20(6-2)14-7-9-15(10-8-14)21-12-19-11-16(21)17(18)13(3)4/h7-13,17H,5-6,18H2,1-4H3. The Morgan fingerprint density at radius 2 is 1.76 bits per heavy atom. The highest BCUT2D eigenvalue weighted by Crippen LogP contribution is 2.23. The van der Waals surface area contributed by atoms with E-state index in [4.69, 9.17) is 5.73 Å². The van der Waals surface area contributed by atoms with Gasteiger partial charge in [-0.2, -0.15) is 0 Å². The van der Waals surface area contributed by atoms with Crippen LogP contribution in [0.4, 0.5) is 5.69 Å². The number of aromatic nitrogens is 2. The zero-order valence-corrected chi connectivity index (χ0v) is 13.5. The molecule has 114 valence electrons. The molecule has 2 rings (SSSR count). The lowest BCUT2D eigenvalue weighted by Crippen LogP contribution is -2.22. The molecule has 0 bridgehead atoms. The molecule has 0 amide bonds. The van der Waals surface area contributed by atoms with E-state index in [9.17, 15) is 0 Å². The maximum atomic E-state index is 6.27. The number of hydrogen-bond acceptors (Lipinski definition) is 3. The Labute approximate surface area is 127 Å². The van der Waals surface area contributed by atoms with E-state index in [1.54, 1.807) is 0 Å². The highest BCUT2D eigenvalue weighted by atomic mass is 15.1. The van der Waals surface area contributed by atoms with Crippen LogP contribution in [0.3, 0.4) is 0 Å². The van der Waals surface area contributed by atoms with Gasteiger partial charge < -0.3 is 15.2 Å². The second-order valence-electron chi connectivity index (χ2n) is 5.65. The number of nitrogens with zero attached hydrogens (tertiary/aromatic N) is 3. The molecule has 0 saturated carbocycles. The molecule has 0 fully saturated rings. The molecule has 21 heavy (non-hydrogen) atoms. The van der Waals surface area contributed by atoms with Crippen LogP contribution in [-0.2, 0) is 0 Å². The summed E-state index contributed by atoms with van der Waals surface area (Å²) in [6.07, 6.45) is 3.70. The molecule has 0 aliphatic rings. The molecule has 1 unspecified atom stereocenters. The molecule has 2 N–H and O–H groups in total. The van der Waals surface area contributed by atoms with Crippen LogP contribution < -0.4 is 10.6 Å². The molecule has 1 heterocycles. The van der Waals surface area contributed by atoms with Crippen LogP contribution in [0, 0.1) is 5.92 Å². The van der Waals surface area contributed by atoms with Gasteiger partial charge in [0.25, 0.3) is 0 Å². The van der Waals surface area contributed by atoms with Gasteiger partial charge in [-0.1, -0.05) is 13.8 Å². The van der Waals surface area contributed by atoms with E-state index in [1.807, 2.05) is 12.5 Å². The minimum atomic E-state index is -0.00467. The smallest absolute Gasteiger partial charge is 0.0994 e. The molecule has 0 aliphatic carbocycles. The summed E-state index contributed by atoms with van der Waals surface area (Å²) in [5.41, 5.74) is 9.68. The van der Waals surface area contributed by atoms with Crippen molar-refractivity contribution < 1.29 is 0 Å². The number of benzene rings is 1. The van der Waals surface area contributed by atoms with Crippen LogP contribution >= 0.6 is 0 Å². The lowest BCUT2D eigenvalue weighted by atomic mass is 10.0. The summed E-state index contributed by atoms with van der Waals surface area (Å²) in [4.78, 5) is 6.60. The summed E-state index contributed by atoms with van der Waals surface area (Å²) >= 11 is 0. The predicted molar refractivity (Wildman–Crippen MR) is 88.9 cm³/mol. The molecule has 0 aliphatic heterocycles. The first-order valence-corrected chi connectivity index (χ1v) is 7.71. The van der Waals surface area contributed by atoms with Gasteiger partial charge in [-0.3, -0.25) is 0 Å². The predicted octanol–water partition coefficient (Wildman–Crippen LogP) is 3.37. The first-order chi connectivity index (χ1) is 10.1. The molecule has 1 aromatic heterocycles. The number of rotatable bonds is 6. The van der Waals surface area contributed by atoms with Crippen molar-refractivity contribution in [3.05, 3.63) is 42.5 Å². The zero-order chi connectivity index (χ0) is 15.4. The van der Waals surface area contributed by atoms with Crippen LogP contribution in [0.5, 0.6) is 0 Å². The van der Waals surface area contributed by atoms with Gasteiger partial charge in [0.2, 0.25) is 0 Å². The van der Waals surface area contributed by atoms with Crippen molar-refractivity contribution in [3.63, 3.8) is 0 Å². The molecular formula is C17H26N4. The van der Waals surface area contributed by atoms with Crippen molar-refractivity contribution in [1.29, 1.82) is 0 Å². The molecule has 2 aromatic rings. The van der Waals surface area contributed by atoms with Crippen LogP contribution in [0.1, 0.15) is 39.4 Å². The van der Waals surface area contributed by atoms with E-state index >= 15 is 0 Å². The molecule has 0 radical (unpaired) electrons. The first kappa shape index (κ1) is 15.6. The summed E-state index contributed by atoms with van der Waals surface area (Å²) in [5.74, 6) is 0.385. The zero-order valence-electron chi connectivity index (χ0n) is 13.5. The lowest BCUT2D eigenvalue weighted by Gasteiger charge is -2.22. The Balaban J connectivity index is 2.30. The van der Waals surface area contributed by atoms with E-state index in [0.717, 1.165) is 24.5 Å². The van der Waals surface area contributed by atoms with Crippen molar-refractivity contribution in [1.82, 2.24) is 9.55 Å². The van der Waals surface area contributed by atoms with Crippen LogP contribution in [0.25, 0.3) is 5.69 Å². The van der Waals surface area contributed by atoms with Gasteiger partial charge in [-0.05, 0) is 44.0 Å². The third kappa shape index (κ3) is 3.27. The maximum Gasteiger partial charge on any atom is 0.0994 e.